The van der Waals surface area contributed by atoms with Gasteiger partial charge in [0.05, 0.1) is 0 Å². The van der Waals surface area contributed by atoms with E-state index in [9.17, 15) is 4.79 Å². The van der Waals surface area contributed by atoms with Gasteiger partial charge in [-0.15, -0.1) is 0 Å². The van der Waals surface area contributed by atoms with Crippen LogP contribution in [0.15, 0.2) is 29.7 Å². The Labute approximate surface area is 139 Å². The summed E-state index contributed by atoms with van der Waals surface area (Å²) in [6.45, 7) is 1.71. The quantitative estimate of drug-likeness (QED) is 0.672. The van der Waals surface area contributed by atoms with E-state index in [1.165, 1.54) is 11.8 Å². The highest BCUT2D eigenvalue weighted by Crippen LogP contribution is 2.20. The van der Waals surface area contributed by atoms with Crippen LogP contribution in [0.25, 0.3) is 0 Å². The molecule has 122 valence electrons. The van der Waals surface area contributed by atoms with Crippen LogP contribution in [0.2, 0.25) is 0 Å². The lowest BCUT2D eigenvalue weighted by atomic mass is 10.1. The maximum absolute atomic E-state index is 12.3. The van der Waals surface area contributed by atoms with Gasteiger partial charge in [-0.05, 0) is 31.2 Å². The Hall–Kier alpha value is -2.09. The predicted octanol–water partition coefficient (Wildman–Crippen LogP) is 1.33. The number of nitrogens with one attached hydrogen (secondary N) is 1. The minimum absolute atomic E-state index is 0.0793. The first-order valence-corrected chi connectivity index (χ1v) is 8.80. The van der Waals surface area contributed by atoms with E-state index in [1.54, 1.807) is 30.2 Å². The summed E-state index contributed by atoms with van der Waals surface area (Å²) in [7, 11) is 1.77. The zero-order chi connectivity index (χ0) is 16.2. The van der Waals surface area contributed by atoms with Crippen molar-refractivity contribution >= 4 is 23.5 Å². The number of hydrogen-bond acceptors (Lipinski definition) is 6. The fraction of sp³-hybridized carbons (Fsp3) is 0.467. The Morgan fingerprint density at radius 1 is 1.39 bits per heavy atom. The number of piperidine rings is 1. The second kappa shape index (κ2) is 6.99. The van der Waals surface area contributed by atoms with E-state index >= 15 is 0 Å². The summed E-state index contributed by atoms with van der Waals surface area (Å²) in [5, 5.41) is 7.91. The standard InChI is InChI=1S/C15H20N6OS/c1-20-12(5-8-17-20)14(22)18-11-4-3-9-21(10-11)13-6-7-16-15(19-13)23-2/h5-8,11H,3-4,9-10H2,1-2H3,(H,18,22). The van der Waals surface area contributed by atoms with Crippen LogP contribution >= 0.6 is 11.8 Å². The second-order valence-corrected chi connectivity index (χ2v) is 6.27. The minimum atomic E-state index is -0.0793. The normalized spacial score (nSPS) is 18.0. The highest BCUT2D eigenvalue weighted by atomic mass is 32.2. The van der Waals surface area contributed by atoms with Crippen molar-refractivity contribution in [2.24, 2.45) is 7.05 Å². The zero-order valence-corrected chi connectivity index (χ0v) is 14.1. The molecule has 2 aromatic heterocycles. The number of anilines is 1. The monoisotopic (exact) mass is 332 g/mol. The zero-order valence-electron chi connectivity index (χ0n) is 13.3. The van der Waals surface area contributed by atoms with Gasteiger partial charge >= 0.3 is 0 Å². The minimum Gasteiger partial charge on any atom is -0.354 e. The number of amides is 1. The molecular weight excluding hydrogens is 312 g/mol. The average molecular weight is 332 g/mol. The van der Waals surface area contributed by atoms with Gasteiger partial charge in [-0.2, -0.15) is 5.10 Å². The smallest absolute Gasteiger partial charge is 0.269 e. The first kappa shape index (κ1) is 15.8. The van der Waals surface area contributed by atoms with E-state index in [-0.39, 0.29) is 11.9 Å². The van der Waals surface area contributed by atoms with Crippen molar-refractivity contribution < 1.29 is 4.79 Å². The first-order valence-electron chi connectivity index (χ1n) is 7.58. The van der Waals surface area contributed by atoms with Crippen LogP contribution in [0.5, 0.6) is 0 Å². The number of aromatic nitrogens is 4. The molecule has 3 rings (SSSR count). The third kappa shape index (κ3) is 3.64. The van der Waals surface area contributed by atoms with E-state index < -0.39 is 0 Å². The van der Waals surface area contributed by atoms with Gasteiger partial charge in [0.25, 0.3) is 5.91 Å². The molecular formula is C15H20N6OS. The summed E-state index contributed by atoms with van der Waals surface area (Å²) in [6, 6.07) is 3.76. The molecule has 2 aromatic rings. The second-order valence-electron chi connectivity index (χ2n) is 5.50. The first-order chi connectivity index (χ1) is 11.2. The molecule has 1 N–H and O–H groups in total. The summed E-state index contributed by atoms with van der Waals surface area (Å²) in [5.41, 5.74) is 0.578. The van der Waals surface area contributed by atoms with Crippen molar-refractivity contribution in [3.05, 3.63) is 30.2 Å². The molecule has 0 aromatic carbocycles. The van der Waals surface area contributed by atoms with Crippen molar-refractivity contribution in [1.29, 1.82) is 0 Å². The van der Waals surface area contributed by atoms with Gasteiger partial charge in [-0.25, -0.2) is 9.97 Å². The van der Waals surface area contributed by atoms with Gasteiger partial charge in [0.15, 0.2) is 5.16 Å². The molecule has 0 saturated carbocycles. The molecule has 0 aliphatic carbocycles. The Kier molecular flexibility index (Phi) is 4.80. The third-order valence-electron chi connectivity index (χ3n) is 3.94. The number of thioether (sulfide) groups is 1. The summed E-state index contributed by atoms with van der Waals surface area (Å²) >= 11 is 1.53. The molecule has 1 amide bonds. The van der Waals surface area contributed by atoms with Gasteiger partial charge in [-0.3, -0.25) is 9.48 Å². The third-order valence-corrected chi connectivity index (χ3v) is 4.50. The maximum atomic E-state index is 12.3. The van der Waals surface area contributed by atoms with Crippen LogP contribution in [0.1, 0.15) is 23.3 Å². The van der Waals surface area contributed by atoms with Gasteiger partial charge < -0.3 is 10.2 Å². The molecule has 1 aliphatic rings. The van der Waals surface area contributed by atoms with Crippen LogP contribution < -0.4 is 10.2 Å². The van der Waals surface area contributed by atoms with Crippen LogP contribution in [0.3, 0.4) is 0 Å². The Balaban J connectivity index is 1.66. The lowest BCUT2D eigenvalue weighted by Crippen LogP contribution is -2.48. The largest absolute Gasteiger partial charge is 0.354 e. The van der Waals surface area contributed by atoms with Crippen LogP contribution in [0, 0.1) is 0 Å². The van der Waals surface area contributed by atoms with Crippen molar-refractivity contribution in [1.82, 2.24) is 25.1 Å². The summed E-state index contributed by atoms with van der Waals surface area (Å²) in [5.74, 6) is 0.841. The van der Waals surface area contributed by atoms with Gasteiger partial charge in [0, 0.05) is 38.6 Å². The van der Waals surface area contributed by atoms with Crippen LogP contribution in [-0.4, -0.2) is 51.0 Å². The molecule has 3 heterocycles. The SMILES string of the molecule is CSc1nccc(N2CCCC(NC(=O)c3ccnn3C)C2)n1. The topological polar surface area (TPSA) is 75.9 Å². The number of nitrogens with zero attached hydrogens (tertiary/aromatic N) is 5. The summed E-state index contributed by atoms with van der Waals surface area (Å²) < 4.78 is 1.59. The molecule has 23 heavy (non-hydrogen) atoms. The molecule has 7 nitrogen and oxygen atoms in total. The molecule has 1 unspecified atom stereocenters. The van der Waals surface area contributed by atoms with E-state index in [4.69, 9.17) is 0 Å². The van der Waals surface area contributed by atoms with Crippen LogP contribution in [0.4, 0.5) is 5.82 Å². The summed E-state index contributed by atoms with van der Waals surface area (Å²) in [6.07, 6.45) is 7.38. The maximum Gasteiger partial charge on any atom is 0.269 e. The average Bonchev–Trinajstić information content (AvgIpc) is 3.01. The van der Waals surface area contributed by atoms with Crippen molar-refractivity contribution in [2.45, 2.75) is 24.0 Å². The number of hydrogen-bond donors (Lipinski definition) is 1. The lowest BCUT2D eigenvalue weighted by Gasteiger charge is -2.34. The molecule has 0 radical (unpaired) electrons. The molecule has 1 fully saturated rings. The van der Waals surface area contributed by atoms with E-state index in [1.807, 2.05) is 12.3 Å². The lowest BCUT2D eigenvalue weighted by molar-refractivity contribution is 0.0923. The van der Waals surface area contributed by atoms with E-state index in [0.717, 1.165) is 36.9 Å². The Bertz CT molecular complexity index is 688. The number of carbonyl (C=O) groups is 1. The van der Waals surface area contributed by atoms with Crippen molar-refractivity contribution in [3.8, 4) is 0 Å². The number of aryl methyl sites for hydroxylation is 1. The van der Waals surface area contributed by atoms with Gasteiger partial charge in [0.2, 0.25) is 0 Å². The fourth-order valence-electron chi connectivity index (χ4n) is 2.77. The number of rotatable bonds is 4. The predicted molar refractivity (Wildman–Crippen MR) is 89.7 cm³/mol. The molecule has 1 saturated heterocycles. The molecule has 1 atom stereocenters. The summed E-state index contributed by atoms with van der Waals surface area (Å²) in [4.78, 5) is 23.3. The van der Waals surface area contributed by atoms with Gasteiger partial charge in [0.1, 0.15) is 11.5 Å². The molecule has 1 aliphatic heterocycles. The Morgan fingerprint density at radius 2 is 2.26 bits per heavy atom. The molecule has 0 bridgehead atoms. The van der Waals surface area contributed by atoms with Crippen molar-refractivity contribution in [2.75, 3.05) is 24.2 Å². The van der Waals surface area contributed by atoms with Gasteiger partial charge in [-0.1, -0.05) is 11.8 Å². The van der Waals surface area contributed by atoms with E-state index in [2.05, 4.69) is 25.3 Å². The van der Waals surface area contributed by atoms with Crippen LogP contribution in [-0.2, 0) is 7.05 Å². The molecule has 0 spiro atoms. The van der Waals surface area contributed by atoms with Crippen molar-refractivity contribution in [3.63, 3.8) is 0 Å². The highest BCUT2D eigenvalue weighted by Gasteiger charge is 2.23. The molecule has 8 heteroatoms. The Morgan fingerprint density at radius 3 is 3.00 bits per heavy atom. The number of carbonyl (C=O) groups excluding carboxylic acids is 1. The fourth-order valence-corrected chi connectivity index (χ4v) is 3.12. The van der Waals surface area contributed by atoms with E-state index in [0.29, 0.717) is 5.69 Å². The highest BCUT2D eigenvalue weighted by molar-refractivity contribution is 7.98.